The minimum Gasteiger partial charge on any atom is -0.376 e. The number of unbranched alkanes of at least 4 members (excludes halogenated alkanes) is 1. The first-order chi connectivity index (χ1) is 11.6. The van der Waals surface area contributed by atoms with Crippen LogP contribution in [0.15, 0.2) is 21.0 Å². The molecule has 0 saturated carbocycles. The molecule has 3 heterocycles. The minimum absolute atomic E-state index is 0.0135. The van der Waals surface area contributed by atoms with E-state index in [0.29, 0.717) is 42.6 Å². The number of hydrogen-bond acceptors (Lipinski definition) is 5. The Labute approximate surface area is 142 Å². The molecular formula is C16H21N3O4S. The van der Waals surface area contributed by atoms with Crippen molar-refractivity contribution in [2.24, 2.45) is 0 Å². The number of rotatable bonds is 7. The van der Waals surface area contributed by atoms with Crippen LogP contribution in [0.5, 0.6) is 0 Å². The van der Waals surface area contributed by atoms with Crippen LogP contribution < -0.4 is 16.6 Å². The predicted octanol–water partition coefficient (Wildman–Crippen LogP) is 1.22. The summed E-state index contributed by atoms with van der Waals surface area (Å²) >= 11 is 1.32. The average Bonchev–Trinajstić information content (AvgIpc) is 3.23. The van der Waals surface area contributed by atoms with Crippen LogP contribution in [0.25, 0.3) is 10.2 Å². The first-order valence-electron chi connectivity index (χ1n) is 8.24. The van der Waals surface area contributed by atoms with E-state index in [1.54, 1.807) is 11.4 Å². The van der Waals surface area contributed by atoms with E-state index in [1.807, 2.05) is 0 Å². The van der Waals surface area contributed by atoms with Gasteiger partial charge < -0.3 is 15.0 Å². The Bertz CT molecular complexity index is 817. The summed E-state index contributed by atoms with van der Waals surface area (Å²) in [6.07, 6.45) is 3.82. The molecular weight excluding hydrogens is 330 g/mol. The van der Waals surface area contributed by atoms with Gasteiger partial charge in [0.25, 0.3) is 5.56 Å². The fraction of sp³-hybridized carbons (Fsp3) is 0.562. The lowest BCUT2D eigenvalue weighted by molar-refractivity contribution is -0.121. The van der Waals surface area contributed by atoms with Crippen LogP contribution in [0.2, 0.25) is 0 Å². The van der Waals surface area contributed by atoms with Crippen LogP contribution in [0, 0.1) is 0 Å². The molecule has 0 aromatic carbocycles. The number of aromatic amines is 1. The Morgan fingerprint density at radius 3 is 3.08 bits per heavy atom. The molecule has 0 radical (unpaired) electrons. The number of ether oxygens (including phenoxy) is 1. The van der Waals surface area contributed by atoms with Crippen molar-refractivity contribution in [3.8, 4) is 0 Å². The zero-order chi connectivity index (χ0) is 16.9. The van der Waals surface area contributed by atoms with Gasteiger partial charge in [0.2, 0.25) is 5.91 Å². The lowest BCUT2D eigenvalue weighted by atomic mass is 10.2. The van der Waals surface area contributed by atoms with E-state index >= 15 is 0 Å². The van der Waals surface area contributed by atoms with E-state index in [0.717, 1.165) is 19.4 Å². The molecule has 3 rings (SSSR count). The van der Waals surface area contributed by atoms with Gasteiger partial charge in [-0.1, -0.05) is 0 Å². The number of aromatic nitrogens is 2. The molecule has 1 aliphatic rings. The van der Waals surface area contributed by atoms with Crippen molar-refractivity contribution in [3.63, 3.8) is 0 Å². The highest BCUT2D eigenvalue weighted by Gasteiger charge is 2.16. The van der Waals surface area contributed by atoms with Crippen molar-refractivity contribution in [3.05, 3.63) is 32.3 Å². The first-order valence-corrected chi connectivity index (χ1v) is 9.12. The monoisotopic (exact) mass is 351 g/mol. The predicted molar refractivity (Wildman–Crippen MR) is 92.5 cm³/mol. The number of amides is 1. The Morgan fingerprint density at radius 1 is 1.42 bits per heavy atom. The van der Waals surface area contributed by atoms with Crippen LogP contribution in [0.4, 0.5) is 0 Å². The van der Waals surface area contributed by atoms with Crippen LogP contribution in [0.1, 0.15) is 32.1 Å². The van der Waals surface area contributed by atoms with E-state index in [4.69, 9.17) is 4.74 Å². The van der Waals surface area contributed by atoms with Gasteiger partial charge in [-0.3, -0.25) is 14.2 Å². The van der Waals surface area contributed by atoms with Gasteiger partial charge in [0.1, 0.15) is 4.70 Å². The van der Waals surface area contributed by atoms with Crippen molar-refractivity contribution in [1.82, 2.24) is 14.9 Å². The van der Waals surface area contributed by atoms with Crippen molar-refractivity contribution in [2.75, 3.05) is 13.2 Å². The number of fused-ring (bicyclic) bond motifs is 1. The Hall–Kier alpha value is -1.93. The molecule has 2 N–H and O–H groups in total. The van der Waals surface area contributed by atoms with E-state index in [1.165, 1.54) is 15.9 Å². The summed E-state index contributed by atoms with van der Waals surface area (Å²) < 4.78 is 7.22. The second-order valence-corrected chi connectivity index (χ2v) is 6.86. The Kier molecular flexibility index (Phi) is 5.47. The van der Waals surface area contributed by atoms with Gasteiger partial charge in [-0.25, -0.2) is 4.79 Å². The fourth-order valence-electron chi connectivity index (χ4n) is 2.85. The molecule has 130 valence electrons. The Balaban J connectivity index is 1.45. The largest absolute Gasteiger partial charge is 0.376 e. The van der Waals surface area contributed by atoms with Crippen LogP contribution in [-0.4, -0.2) is 34.7 Å². The zero-order valence-electron chi connectivity index (χ0n) is 13.4. The van der Waals surface area contributed by atoms with Gasteiger partial charge >= 0.3 is 5.69 Å². The molecule has 1 aliphatic heterocycles. The molecule has 0 aliphatic carbocycles. The molecule has 1 atom stereocenters. The highest BCUT2D eigenvalue weighted by atomic mass is 32.1. The van der Waals surface area contributed by atoms with Crippen molar-refractivity contribution >= 4 is 27.5 Å². The molecule has 0 spiro atoms. The highest BCUT2D eigenvalue weighted by Crippen LogP contribution is 2.12. The molecule has 8 heteroatoms. The molecule has 0 unspecified atom stereocenters. The average molecular weight is 351 g/mol. The third-order valence-electron chi connectivity index (χ3n) is 4.18. The van der Waals surface area contributed by atoms with E-state index in [-0.39, 0.29) is 17.6 Å². The van der Waals surface area contributed by atoms with Crippen LogP contribution in [-0.2, 0) is 16.1 Å². The highest BCUT2D eigenvalue weighted by molar-refractivity contribution is 7.17. The number of nitrogens with one attached hydrogen (secondary N) is 2. The molecule has 2 aromatic rings. The summed E-state index contributed by atoms with van der Waals surface area (Å²) in [7, 11) is 0. The van der Waals surface area contributed by atoms with Crippen LogP contribution in [0.3, 0.4) is 0 Å². The van der Waals surface area contributed by atoms with Gasteiger partial charge in [-0.15, -0.1) is 11.3 Å². The number of H-pyrrole nitrogens is 1. The third kappa shape index (κ3) is 3.93. The number of carbonyl (C=O) groups is 1. The molecule has 1 saturated heterocycles. The second kappa shape index (κ2) is 7.76. The van der Waals surface area contributed by atoms with Crippen molar-refractivity contribution in [2.45, 2.75) is 44.8 Å². The topological polar surface area (TPSA) is 93.2 Å². The summed E-state index contributed by atoms with van der Waals surface area (Å²) in [5, 5.41) is 4.65. The van der Waals surface area contributed by atoms with Crippen molar-refractivity contribution < 1.29 is 9.53 Å². The molecule has 2 aromatic heterocycles. The quantitative estimate of drug-likeness (QED) is 0.734. The number of carbonyl (C=O) groups excluding carboxylic acids is 1. The van der Waals surface area contributed by atoms with Gasteiger partial charge in [0.05, 0.1) is 11.6 Å². The smallest absolute Gasteiger partial charge is 0.328 e. The molecule has 0 bridgehead atoms. The van der Waals surface area contributed by atoms with E-state index in [2.05, 4.69) is 10.3 Å². The maximum atomic E-state index is 12.2. The van der Waals surface area contributed by atoms with Crippen LogP contribution >= 0.6 is 11.3 Å². The summed E-state index contributed by atoms with van der Waals surface area (Å²) in [4.78, 5) is 38.7. The Morgan fingerprint density at radius 2 is 2.29 bits per heavy atom. The van der Waals surface area contributed by atoms with Gasteiger partial charge in [-0.2, -0.15) is 0 Å². The first kappa shape index (κ1) is 16.9. The summed E-state index contributed by atoms with van der Waals surface area (Å²) in [5.74, 6) is -0.0135. The molecule has 1 amide bonds. The lowest BCUT2D eigenvalue weighted by Gasteiger charge is -2.10. The minimum atomic E-state index is -0.395. The van der Waals surface area contributed by atoms with Crippen molar-refractivity contribution in [1.29, 1.82) is 0 Å². The van der Waals surface area contributed by atoms with E-state index < -0.39 is 5.69 Å². The van der Waals surface area contributed by atoms with Gasteiger partial charge in [0, 0.05) is 26.1 Å². The second-order valence-electron chi connectivity index (χ2n) is 5.95. The van der Waals surface area contributed by atoms with Gasteiger partial charge in [0.15, 0.2) is 0 Å². The fourth-order valence-corrected chi connectivity index (χ4v) is 3.65. The lowest BCUT2D eigenvalue weighted by Crippen LogP contribution is -2.34. The number of hydrogen-bond donors (Lipinski definition) is 2. The van der Waals surface area contributed by atoms with E-state index in [9.17, 15) is 14.4 Å². The summed E-state index contributed by atoms with van der Waals surface area (Å²) in [5.41, 5.74) is -0.0694. The molecule has 1 fully saturated rings. The molecule has 7 nitrogen and oxygen atoms in total. The number of nitrogens with zero attached hydrogens (tertiary/aromatic N) is 1. The normalized spacial score (nSPS) is 17.4. The standard InChI is InChI=1S/C16H21N3O4S/c20-13(17-10-11-4-3-8-23-11)5-1-2-7-19-15(21)14-12(6-9-24-14)18-16(19)22/h6,9,11H,1-5,7-8,10H2,(H,17,20)(H,18,22)/t11-/m0/s1. The number of thiophene rings is 1. The maximum absolute atomic E-state index is 12.2. The molecule has 24 heavy (non-hydrogen) atoms. The summed E-state index contributed by atoms with van der Waals surface area (Å²) in [6.45, 7) is 1.66. The summed E-state index contributed by atoms with van der Waals surface area (Å²) in [6, 6.07) is 1.73. The zero-order valence-corrected chi connectivity index (χ0v) is 14.2. The maximum Gasteiger partial charge on any atom is 0.328 e. The van der Waals surface area contributed by atoms with Gasteiger partial charge in [-0.05, 0) is 37.1 Å². The SMILES string of the molecule is O=C(CCCCn1c(=O)[nH]c2ccsc2c1=O)NC[C@@H]1CCCO1. The third-order valence-corrected chi connectivity index (χ3v) is 5.08.